The van der Waals surface area contributed by atoms with E-state index in [-0.39, 0.29) is 5.91 Å². The van der Waals surface area contributed by atoms with E-state index in [4.69, 9.17) is 0 Å². The summed E-state index contributed by atoms with van der Waals surface area (Å²) in [4.78, 5) is 20.3. The van der Waals surface area contributed by atoms with E-state index in [9.17, 15) is 4.79 Å². The Hall–Kier alpha value is -2.47. The van der Waals surface area contributed by atoms with Crippen LogP contribution < -0.4 is 5.32 Å². The number of benzene rings is 1. The molecule has 0 spiro atoms. The van der Waals surface area contributed by atoms with Crippen molar-refractivity contribution in [3.8, 4) is 0 Å². The first-order valence-electron chi connectivity index (χ1n) is 7.58. The Morgan fingerprint density at radius 1 is 1.30 bits per heavy atom. The summed E-state index contributed by atoms with van der Waals surface area (Å²) in [7, 11) is 0. The average Bonchev–Trinajstić information content (AvgIpc) is 3.21. The highest BCUT2D eigenvalue weighted by Gasteiger charge is 2.01. The van der Waals surface area contributed by atoms with Crippen LogP contribution in [0, 0.1) is 0 Å². The van der Waals surface area contributed by atoms with Gasteiger partial charge in [0.1, 0.15) is 5.01 Å². The molecule has 3 aromatic rings. The number of imidazole rings is 1. The number of carbonyl (C=O) groups is 1. The number of aryl methyl sites for hydroxylation is 1. The molecule has 0 bridgehead atoms. The number of para-hydroxylation sites is 1. The lowest BCUT2D eigenvalue weighted by atomic mass is 10.3. The minimum atomic E-state index is -0.0770. The largest absolute Gasteiger partial charge is 0.353 e. The van der Waals surface area contributed by atoms with Crippen LogP contribution in [0.4, 0.5) is 0 Å². The number of fused-ring (bicyclic) bond motifs is 1. The normalized spacial score (nSPS) is 11.3. The van der Waals surface area contributed by atoms with Crippen molar-refractivity contribution >= 4 is 33.5 Å². The van der Waals surface area contributed by atoms with Crippen LogP contribution in [0.15, 0.2) is 49.1 Å². The van der Waals surface area contributed by atoms with E-state index >= 15 is 0 Å². The third-order valence-electron chi connectivity index (χ3n) is 3.39. The SMILES string of the molecule is O=C(/C=C\c1nc2ccccc2s1)NCCCCn1ccnc1. The van der Waals surface area contributed by atoms with Crippen LogP contribution in [-0.4, -0.2) is 27.0 Å². The number of thiazole rings is 1. The molecule has 1 amide bonds. The van der Waals surface area contributed by atoms with Gasteiger partial charge < -0.3 is 9.88 Å². The summed E-state index contributed by atoms with van der Waals surface area (Å²) in [6.07, 6.45) is 10.8. The molecule has 23 heavy (non-hydrogen) atoms. The van der Waals surface area contributed by atoms with Crippen LogP contribution in [0.3, 0.4) is 0 Å². The number of nitrogens with zero attached hydrogens (tertiary/aromatic N) is 3. The van der Waals surface area contributed by atoms with E-state index in [0.717, 1.165) is 34.6 Å². The highest BCUT2D eigenvalue weighted by Crippen LogP contribution is 2.22. The van der Waals surface area contributed by atoms with Crippen LogP contribution in [0.25, 0.3) is 16.3 Å². The molecule has 0 aliphatic rings. The number of nitrogens with one attached hydrogen (secondary N) is 1. The lowest BCUT2D eigenvalue weighted by Crippen LogP contribution is -2.22. The van der Waals surface area contributed by atoms with Crippen molar-refractivity contribution in [1.29, 1.82) is 0 Å². The van der Waals surface area contributed by atoms with Gasteiger partial charge in [-0.2, -0.15) is 0 Å². The van der Waals surface area contributed by atoms with Crippen molar-refractivity contribution < 1.29 is 4.79 Å². The van der Waals surface area contributed by atoms with Crippen LogP contribution in [0.5, 0.6) is 0 Å². The number of rotatable bonds is 7. The van der Waals surface area contributed by atoms with Gasteiger partial charge in [0.2, 0.25) is 5.91 Å². The number of amides is 1. The molecule has 1 aromatic carbocycles. The molecule has 2 aromatic heterocycles. The van der Waals surface area contributed by atoms with Crippen LogP contribution >= 0.6 is 11.3 Å². The number of hydrogen-bond donors (Lipinski definition) is 1. The van der Waals surface area contributed by atoms with Crippen molar-refractivity contribution in [1.82, 2.24) is 19.9 Å². The molecule has 6 heteroatoms. The Labute approximate surface area is 138 Å². The van der Waals surface area contributed by atoms with Gasteiger partial charge in [-0.15, -0.1) is 11.3 Å². The Morgan fingerprint density at radius 2 is 2.22 bits per heavy atom. The number of unbranched alkanes of at least 4 members (excludes halogenated alkanes) is 1. The van der Waals surface area contributed by atoms with E-state index in [1.807, 2.05) is 35.0 Å². The van der Waals surface area contributed by atoms with Crippen LogP contribution in [0.1, 0.15) is 17.8 Å². The topological polar surface area (TPSA) is 59.8 Å². The zero-order valence-corrected chi connectivity index (χ0v) is 13.5. The summed E-state index contributed by atoms with van der Waals surface area (Å²) in [5.41, 5.74) is 0.969. The summed E-state index contributed by atoms with van der Waals surface area (Å²) in [6, 6.07) is 7.96. The maximum atomic E-state index is 11.8. The fourth-order valence-electron chi connectivity index (χ4n) is 2.22. The molecule has 5 nitrogen and oxygen atoms in total. The van der Waals surface area contributed by atoms with Crippen molar-refractivity contribution in [2.24, 2.45) is 0 Å². The molecule has 3 rings (SSSR count). The Morgan fingerprint density at radius 3 is 3.04 bits per heavy atom. The molecule has 118 valence electrons. The predicted molar refractivity (Wildman–Crippen MR) is 93.1 cm³/mol. The first-order chi connectivity index (χ1) is 11.3. The Kier molecular flexibility index (Phi) is 5.16. The Balaban J connectivity index is 1.40. The lowest BCUT2D eigenvalue weighted by Gasteiger charge is -2.03. The quantitative estimate of drug-likeness (QED) is 0.536. The van der Waals surface area contributed by atoms with Crippen molar-refractivity contribution in [3.05, 3.63) is 54.1 Å². The van der Waals surface area contributed by atoms with Gasteiger partial charge in [0, 0.05) is 31.6 Å². The molecule has 1 N–H and O–H groups in total. The number of hydrogen-bond acceptors (Lipinski definition) is 4. The number of aromatic nitrogens is 3. The molecular formula is C17H18N4OS. The van der Waals surface area contributed by atoms with E-state index in [1.54, 1.807) is 36.0 Å². The summed E-state index contributed by atoms with van der Waals surface area (Å²) < 4.78 is 3.17. The summed E-state index contributed by atoms with van der Waals surface area (Å²) in [5, 5.41) is 3.74. The second-order valence-electron chi connectivity index (χ2n) is 5.15. The highest BCUT2D eigenvalue weighted by molar-refractivity contribution is 7.19. The van der Waals surface area contributed by atoms with E-state index in [0.29, 0.717) is 6.54 Å². The molecule has 0 saturated heterocycles. The predicted octanol–water partition coefficient (Wildman–Crippen LogP) is 3.10. The third-order valence-corrected chi connectivity index (χ3v) is 4.39. The summed E-state index contributed by atoms with van der Waals surface area (Å²) in [5.74, 6) is -0.0770. The maximum Gasteiger partial charge on any atom is 0.244 e. The smallest absolute Gasteiger partial charge is 0.244 e. The van der Waals surface area contributed by atoms with Crippen molar-refractivity contribution in [3.63, 3.8) is 0 Å². The van der Waals surface area contributed by atoms with Gasteiger partial charge in [-0.3, -0.25) is 4.79 Å². The molecule has 0 aliphatic carbocycles. The average molecular weight is 326 g/mol. The Bertz CT molecular complexity index is 759. The third kappa shape index (κ3) is 4.50. The van der Waals surface area contributed by atoms with Gasteiger partial charge in [0.25, 0.3) is 0 Å². The second kappa shape index (κ2) is 7.69. The van der Waals surface area contributed by atoms with Gasteiger partial charge in [-0.1, -0.05) is 12.1 Å². The minimum Gasteiger partial charge on any atom is -0.353 e. The first kappa shape index (κ1) is 15.4. The van der Waals surface area contributed by atoms with Crippen molar-refractivity contribution in [2.45, 2.75) is 19.4 Å². The molecule has 0 unspecified atom stereocenters. The molecular weight excluding hydrogens is 308 g/mol. The fraction of sp³-hybridized carbons (Fsp3) is 0.235. The zero-order valence-electron chi connectivity index (χ0n) is 12.7. The molecule has 0 aliphatic heterocycles. The van der Waals surface area contributed by atoms with Crippen molar-refractivity contribution in [2.75, 3.05) is 6.54 Å². The van der Waals surface area contributed by atoms with E-state index < -0.39 is 0 Å². The van der Waals surface area contributed by atoms with Crippen LogP contribution in [-0.2, 0) is 11.3 Å². The lowest BCUT2D eigenvalue weighted by molar-refractivity contribution is -0.116. The van der Waals surface area contributed by atoms with Gasteiger partial charge in [-0.05, 0) is 31.1 Å². The van der Waals surface area contributed by atoms with Gasteiger partial charge >= 0.3 is 0 Å². The zero-order chi connectivity index (χ0) is 15.9. The fourth-order valence-corrected chi connectivity index (χ4v) is 3.09. The van der Waals surface area contributed by atoms with E-state index in [2.05, 4.69) is 15.3 Å². The number of carbonyl (C=O) groups excluding carboxylic acids is 1. The molecule has 2 heterocycles. The molecule has 0 saturated carbocycles. The molecule has 0 radical (unpaired) electrons. The first-order valence-corrected chi connectivity index (χ1v) is 8.40. The second-order valence-corrected chi connectivity index (χ2v) is 6.21. The minimum absolute atomic E-state index is 0.0770. The molecule has 0 fully saturated rings. The maximum absolute atomic E-state index is 11.8. The summed E-state index contributed by atoms with van der Waals surface area (Å²) in [6.45, 7) is 1.61. The summed E-state index contributed by atoms with van der Waals surface area (Å²) >= 11 is 1.58. The van der Waals surface area contributed by atoms with Gasteiger partial charge in [0.15, 0.2) is 0 Å². The molecule has 0 atom stereocenters. The standard InChI is InChI=1S/C17H18N4OS/c22-16(19-9-3-4-11-21-12-10-18-13-21)7-8-17-20-14-5-1-2-6-15(14)23-17/h1-2,5-8,10,12-13H,3-4,9,11H2,(H,19,22)/b8-7-. The highest BCUT2D eigenvalue weighted by atomic mass is 32.1. The van der Waals surface area contributed by atoms with Gasteiger partial charge in [-0.25, -0.2) is 9.97 Å². The van der Waals surface area contributed by atoms with E-state index in [1.165, 1.54) is 0 Å². The monoisotopic (exact) mass is 326 g/mol. The van der Waals surface area contributed by atoms with Gasteiger partial charge in [0.05, 0.1) is 16.5 Å². The van der Waals surface area contributed by atoms with Crippen LogP contribution in [0.2, 0.25) is 0 Å².